The number of carbonyl (C=O) groups excluding carboxylic acids is 2. The van der Waals surface area contributed by atoms with Crippen LogP contribution in [0.2, 0.25) is 5.02 Å². The van der Waals surface area contributed by atoms with E-state index in [2.05, 4.69) is 15.7 Å². The van der Waals surface area contributed by atoms with E-state index < -0.39 is 6.04 Å². The Balaban J connectivity index is 1.93. The molecule has 3 aromatic rings. The number of amides is 2. The molecule has 7 heteroatoms. The minimum Gasteiger partial charge on any atom is -0.350 e. The standard InChI is InChI=1S/C23H25ClN4O2/c1-15(21(29)26-23(2,3)4)25-22(30)19-14-28(18-8-6-5-7-9-18)27-20(19)16-10-12-17(24)13-11-16/h5-15H,1-4H3,(H,25,30)(H,26,29). The second-order valence-electron chi connectivity index (χ2n) is 8.11. The maximum absolute atomic E-state index is 13.1. The number of nitrogens with one attached hydrogen (secondary N) is 2. The highest BCUT2D eigenvalue weighted by atomic mass is 35.5. The van der Waals surface area contributed by atoms with Crippen LogP contribution in [0.4, 0.5) is 0 Å². The van der Waals surface area contributed by atoms with Crippen molar-refractivity contribution in [3.8, 4) is 16.9 Å². The van der Waals surface area contributed by atoms with Crippen LogP contribution < -0.4 is 10.6 Å². The van der Waals surface area contributed by atoms with E-state index in [1.807, 2.05) is 63.2 Å². The van der Waals surface area contributed by atoms with Crippen LogP contribution in [0.15, 0.2) is 60.8 Å². The fraction of sp³-hybridized carbons (Fsp3) is 0.261. The zero-order valence-corrected chi connectivity index (χ0v) is 18.2. The lowest BCUT2D eigenvalue weighted by Crippen LogP contribution is -2.50. The molecule has 0 radical (unpaired) electrons. The number of benzene rings is 2. The fourth-order valence-electron chi connectivity index (χ4n) is 2.89. The molecule has 1 aromatic heterocycles. The molecule has 0 bridgehead atoms. The van der Waals surface area contributed by atoms with E-state index in [9.17, 15) is 9.59 Å². The van der Waals surface area contributed by atoms with Gasteiger partial charge in [0, 0.05) is 22.3 Å². The molecule has 1 atom stereocenters. The van der Waals surface area contributed by atoms with Gasteiger partial charge in [-0.1, -0.05) is 41.9 Å². The SMILES string of the molecule is CC(NC(=O)c1cn(-c2ccccc2)nc1-c1ccc(Cl)cc1)C(=O)NC(C)(C)C. The zero-order chi connectivity index (χ0) is 21.9. The van der Waals surface area contributed by atoms with Gasteiger partial charge in [-0.25, -0.2) is 4.68 Å². The molecule has 0 aliphatic carbocycles. The molecule has 3 rings (SSSR count). The zero-order valence-electron chi connectivity index (χ0n) is 17.4. The molecule has 2 N–H and O–H groups in total. The van der Waals surface area contributed by atoms with Crippen molar-refractivity contribution in [3.63, 3.8) is 0 Å². The molecule has 1 heterocycles. The summed E-state index contributed by atoms with van der Waals surface area (Å²) in [4.78, 5) is 25.4. The fourth-order valence-corrected chi connectivity index (χ4v) is 3.02. The second-order valence-corrected chi connectivity index (χ2v) is 8.55. The first-order valence-electron chi connectivity index (χ1n) is 9.68. The van der Waals surface area contributed by atoms with Gasteiger partial charge in [-0.15, -0.1) is 0 Å². The number of hydrogen-bond acceptors (Lipinski definition) is 3. The smallest absolute Gasteiger partial charge is 0.255 e. The minimum atomic E-state index is -0.699. The summed E-state index contributed by atoms with van der Waals surface area (Å²) in [6.45, 7) is 7.33. The van der Waals surface area contributed by atoms with E-state index in [1.54, 1.807) is 29.9 Å². The van der Waals surface area contributed by atoms with Crippen molar-refractivity contribution < 1.29 is 9.59 Å². The van der Waals surface area contributed by atoms with Gasteiger partial charge in [-0.2, -0.15) is 5.10 Å². The Kier molecular flexibility index (Phi) is 6.27. The minimum absolute atomic E-state index is 0.251. The van der Waals surface area contributed by atoms with Crippen LogP contribution in [0.5, 0.6) is 0 Å². The molecule has 0 saturated carbocycles. The van der Waals surface area contributed by atoms with Gasteiger partial charge in [-0.3, -0.25) is 9.59 Å². The largest absolute Gasteiger partial charge is 0.350 e. The van der Waals surface area contributed by atoms with Gasteiger partial charge in [0.2, 0.25) is 5.91 Å². The number of aromatic nitrogens is 2. The van der Waals surface area contributed by atoms with Crippen molar-refractivity contribution in [1.82, 2.24) is 20.4 Å². The van der Waals surface area contributed by atoms with E-state index in [1.165, 1.54) is 0 Å². The van der Waals surface area contributed by atoms with Gasteiger partial charge in [-0.05, 0) is 52.0 Å². The first kappa shape index (κ1) is 21.6. The van der Waals surface area contributed by atoms with E-state index in [-0.39, 0.29) is 17.4 Å². The van der Waals surface area contributed by atoms with Crippen LogP contribution in [0, 0.1) is 0 Å². The number of carbonyl (C=O) groups is 2. The van der Waals surface area contributed by atoms with E-state index in [0.717, 1.165) is 11.3 Å². The molecule has 6 nitrogen and oxygen atoms in total. The van der Waals surface area contributed by atoms with E-state index >= 15 is 0 Å². The molecule has 0 saturated heterocycles. The lowest BCUT2D eigenvalue weighted by Gasteiger charge is -2.23. The molecular weight excluding hydrogens is 400 g/mol. The third kappa shape index (κ3) is 5.27. The van der Waals surface area contributed by atoms with Crippen LogP contribution in [-0.2, 0) is 4.79 Å². The predicted octanol–water partition coefficient (Wildman–Crippen LogP) is 4.23. The Morgan fingerprint density at radius 2 is 1.67 bits per heavy atom. The molecule has 0 spiro atoms. The summed E-state index contributed by atoms with van der Waals surface area (Å²) in [6, 6.07) is 15.9. The van der Waals surface area contributed by atoms with Crippen LogP contribution in [0.1, 0.15) is 38.1 Å². The van der Waals surface area contributed by atoms with Gasteiger partial charge in [0.25, 0.3) is 5.91 Å². The maximum atomic E-state index is 13.1. The van der Waals surface area contributed by atoms with Crippen molar-refractivity contribution in [2.45, 2.75) is 39.3 Å². The summed E-state index contributed by atoms with van der Waals surface area (Å²) in [7, 11) is 0. The quantitative estimate of drug-likeness (QED) is 0.643. The summed E-state index contributed by atoms with van der Waals surface area (Å²) in [5.41, 5.74) is 2.08. The second kappa shape index (κ2) is 8.71. The van der Waals surface area contributed by atoms with E-state index in [0.29, 0.717) is 16.3 Å². The lowest BCUT2D eigenvalue weighted by molar-refractivity contribution is -0.124. The molecule has 0 aliphatic heterocycles. The first-order chi connectivity index (χ1) is 14.1. The third-order valence-corrected chi connectivity index (χ3v) is 4.59. The highest BCUT2D eigenvalue weighted by Crippen LogP contribution is 2.25. The Hall–Kier alpha value is -3.12. The maximum Gasteiger partial charge on any atom is 0.255 e. The van der Waals surface area contributed by atoms with Gasteiger partial charge in [0.1, 0.15) is 11.7 Å². The highest BCUT2D eigenvalue weighted by Gasteiger charge is 2.24. The summed E-state index contributed by atoms with van der Waals surface area (Å²) < 4.78 is 1.65. The molecule has 2 amide bonds. The van der Waals surface area contributed by atoms with Gasteiger partial charge >= 0.3 is 0 Å². The van der Waals surface area contributed by atoms with Gasteiger partial charge in [0.15, 0.2) is 0 Å². The molecule has 0 aliphatic rings. The highest BCUT2D eigenvalue weighted by molar-refractivity contribution is 6.30. The van der Waals surface area contributed by atoms with Crippen LogP contribution in [0.25, 0.3) is 16.9 Å². The van der Waals surface area contributed by atoms with Crippen LogP contribution in [-0.4, -0.2) is 33.2 Å². The number of hydrogen-bond donors (Lipinski definition) is 2. The first-order valence-corrected chi connectivity index (χ1v) is 10.1. The summed E-state index contributed by atoms with van der Waals surface area (Å²) in [6.07, 6.45) is 1.67. The molecule has 0 fully saturated rings. The third-order valence-electron chi connectivity index (χ3n) is 4.34. The normalized spacial score (nSPS) is 12.3. The molecule has 30 heavy (non-hydrogen) atoms. The average molecular weight is 425 g/mol. The predicted molar refractivity (Wildman–Crippen MR) is 119 cm³/mol. The molecule has 2 aromatic carbocycles. The Labute approximate surface area is 181 Å². The average Bonchev–Trinajstić information content (AvgIpc) is 3.13. The van der Waals surface area contributed by atoms with Crippen molar-refractivity contribution in [2.24, 2.45) is 0 Å². The number of rotatable bonds is 5. The van der Waals surface area contributed by atoms with Crippen LogP contribution >= 0.6 is 11.6 Å². The van der Waals surface area contributed by atoms with Gasteiger partial charge in [0.05, 0.1) is 11.3 Å². The topological polar surface area (TPSA) is 76.0 Å². The number of para-hydroxylation sites is 1. The Bertz CT molecular complexity index is 1040. The van der Waals surface area contributed by atoms with Gasteiger partial charge < -0.3 is 10.6 Å². The number of nitrogens with zero attached hydrogens (tertiary/aromatic N) is 2. The molecular formula is C23H25ClN4O2. The summed E-state index contributed by atoms with van der Waals surface area (Å²) >= 11 is 6.01. The van der Waals surface area contributed by atoms with Crippen molar-refractivity contribution >= 4 is 23.4 Å². The van der Waals surface area contributed by atoms with Crippen LogP contribution in [0.3, 0.4) is 0 Å². The lowest BCUT2D eigenvalue weighted by atomic mass is 10.1. The summed E-state index contributed by atoms with van der Waals surface area (Å²) in [5.74, 6) is -0.627. The summed E-state index contributed by atoms with van der Waals surface area (Å²) in [5, 5.41) is 10.9. The van der Waals surface area contributed by atoms with Crippen molar-refractivity contribution in [1.29, 1.82) is 0 Å². The Morgan fingerprint density at radius 1 is 1.03 bits per heavy atom. The van der Waals surface area contributed by atoms with Crippen molar-refractivity contribution in [3.05, 3.63) is 71.4 Å². The van der Waals surface area contributed by atoms with Crippen molar-refractivity contribution in [2.75, 3.05) is 0 Å². The molecule has 1 unspecified atom stereocenters. The number of halogens is 1. The van der Waals surface area contributed by atoms with E-state index in [4.69, 9.17) is 11.6 Å². The molecule has 156 valence electrons. The Morgan fingerprint density at radius 3 is 2.27 bits per heavy atom. The monoisotopic (exact) mass is 424 g/mol.